The lowest BCUT2D eigenvalue weighted by Gasteiger charge is -2.19. The minimum Gasteiger partial charge on any atom is -0.481 e. The molecule has 0 aromatic carbocycles. The molecule has 0 radical (unpaired) electrons. The summed E-state index contributed by atoms with van der Waals surface area (Å²) in [7, 11) is 0. The van der Waals surface area contributed by atoms with Crippen molar-refractivity contribution in [3.05, 3.63) is 0 Å². The number of carbonyl (C=O) groups is 3. The third-order valence-electron chi connectivity index (χ3n) is 3.91. The van der Waals surface area contributed by atoms with E-state index >= 15 is 0 Å². The number of nitrogens with zero attached hydrogens (tertiary/aromatic N) is 1. The number of carboxylic acid groups (broad SMARTS) is 1. The minimum atomic E-state index is -0.773. The van der Waals surface area contributed by atoms with E-state index in [0.29, 0.717) is 19.4 Å². The standard InChI is InChI=1S/C14H25N5O4S/c20-10(15-8-4-1-2-7-11(21)22)6-3-5-9-19-13-12(18-24-19)16-14(23)17-13/h12-13,18H,1-9H2,(H,15,20)(H,21,22)(H2,16,17,23)/t12-,13+/m0/s1. The van der Waals surface area contributed by atoms with Crippen LogP contribution in [-0.4, -0.2) is 52.7 Å². The molecule has 0 unspecified atom stereocenters. The predicted molar refractivity (Wildman–Crippen MR) is 89.6 cm³/mol. The van der Waals surface area contributed by atoms with E-state index in [4.69, 9.17) is 5.11 Å². The Hall–Kier alpha value is -1.52. The van der Waals surface area contributed by atoms with Crippen molar-refractivity contribution >= 4 is 30.0 Å². The number of nitrogens with one attached hydrogen (secondary N) is 4. The summed E-state index contributed by atoms with van der Waals surface area (Å²) in [6.45, 7) is 1.40. The summed E-state index contributed by atoms with van der Waals surface area (Å²) >= 11 is 1.48. The van der Waals surface area contributed by atoms with Crippen molar-refractivity contribution in [1.82, 2.24) is 25.0 Å². The van der Waals surface area contributed by atoms with Crippen molar-refractivity contribution in [2.75, 3.05) is 13.1 Å². The second-order valence-electron chi connectivity index (χ2n) is 5.90. The molecular weight excluding hydrogens is 334 g/mol. The molecule has 2 aliphatic heterocycles. The largest absolute Gasteiger partial charge is 0.481 e. The van der Waals surface area contributed by atoms with Gasteiger partial charge >= 0.3 is 12.0 Å². The molecule has 0 aliphatic carbocycles. The maximum Gasteiger partial charge on any atom is 0.317 e. The van der Waals surface area contributed by atoms with E-state index < -0.39 is 5.97 Å². The first-order chi connectivity index (χ1) is 11.6. The molecule has 0 spiro atoms. The zero-order valence-electron chi connectivity index (χ0n) is 13.5. The topological polar surface area (TPSA) is 123 Å². The summed E-state index contributed by atoms with van der Waals surface area (Å²) < 4.78 is 5.20. The number of unbranched alkanes of at least 4 members (excludes halogenated alkanes) is 3. The zero-order valence-corrected chi connectivity index (χ0v) is 14.4. The Morgan fingerprint density at radius 1 is 1.12 bits per heavy atom. The third kappa shape index (κ3) is 6.17. The lowest BCUT2D eigenvalue weighted by molar-refractivity contribution is -0.137. The van der Waals surface area contributed by atoms with Crippen molar-refractivity contribution in [3.8, 4) is 0 Å². The molecule has 136 valence electrons. The first-order valence-electron chi connectivity index (χ1n) is 8.31. The Morgan fingerprint density at radius 2 is 1.92 bits per heavy atom. The second-order valence-corrected chi connectivity index (χ2v) is 6.79. The fraction of sp³-hybridized carbons (Fsp3) is 0.786. The number of urea groups is 1. The van der Waals surface area contributed by atoms with Gasteiger partial charge < -0.3 is 21.1 Å². The molecule has 0 bridgehead atoms. The predicted octanol–water partition coefficient (Wildman–Crippen LogP) is 0.351. The van der Waals surface area contributed by atoms with Gasteiger partial charge in [-0.3, -0.25) is 9.59 Å². The van der Waals surface area contributed by atoms with Gasteiger partial charge in [0.1, 0.15) is 12.3 Å². The monoisotopic (exact) mass is 359 g/mol. The smallest absolute Gasteiger partial charge is 0.317 e. The van der Waals surface area contributed by atoms with Gasteiger partial charge in [-0.15, -0.1) is 0 Å². The molecule has 0 aromatic heterocycles. The number of amides is 3. The highest BCUT2D eigenvalue weighted by Crippen LogP contribution is 2.23. The van der Waals surface area contributed by atoms with E-state index in [-0.39, 0.29) is 30.7 Å². The van der Waals surface area contributed by atoms with Crippen LogP contribution in [0.4, 0.5) is 4.79 Å². The maximum atomic E-state index is 11.7. The number of carbonyl (C=O) groups excluding carboxylic acids is 2. The van der Waals surface area contributed by atoms with Crippen LogP contribution in [0.25, 0.3) is 0 Å². The lowest BCUT2D eigenvalue weighted by atomic mass is 10.2. The van der Waals surface area contributed by atoms with Gasteiger partial charge in [-0.2, -0.15) is 0 Å². The first-order valence-corrected chi connectivity index (χ1v) is 9.08. The molecule has 9 nitrogen and oxygen atoms in total. The highest BCUT2D eigenvalue weighted by Gasteiger charge is 2.41. The van der Waals surface area contributed by atoms with Crippen LogP contribution in [0.5, 0.6) is 0 Å². The summed E-state index contributed by atoms with van der Waals surface area (Å²) in [6.07, 6.45) is 4.52. The molecular formula is C14H25N5O4S. The lowest BCUT2D eigenvalue weighted by Crippen LogP contribution is -2.42. The molecule has 0 saturated carbocycles. The zero-order chi connectivity index (χ0) is 17.4. The van der Waals surface area contributed by atoms with E-state index in [2.05, 4.69) is 25.0 Å². The van der Waals surface area contributed by atoms with Gasteiger partial charge in [0.2, 0.25) is 5.91 Å². The Balaban J connectivity index is 1.45. The van der Waals surface area contributed by atoms with Gasteiger partial charge in [-0.05, 0) is 25.7 Å². The molecule has 0 aromatic rings. The van der Waals surface area contributed by atoms with Gasteiger partial charge in [0.15, 0.2) is 0 Å². The van der Waals surface area contributed by atoms with E-state index in [1.54, 1.807) is 0 Å². The normalized spacial score (nSPS) is 22.8. The quantitative estimate of drug-likeness (QED) is 0.266. The Bertz CT molecular complexity index is 464. The van der Waals surface area contributed by atoms with Gasteiger partial charge in [0, 0.05) is 38.1 Å². The molecule has 2 aliphatic rings. The van der Waals surface area contributed by atoms with Gasteiger partial charge in [-0.1, -0.05) is 6.42 Å². The number of hydrogen-bond acceptors (Lipinski definition) is 6. The third-order valence-corrected chi connectivity index (χ3v) is 4.91. The average Bonchev–Trinajstić information content (AvgIpc) is 3.06. The summed E-state index contributed by atoms with van der Waals surface area (Å²) in [5, 5.41) is 17.0. The fourth-order valence-electron chi connectivity index (χ4n) is 2.63. The molecule has 2 fully saturated rings. The summed E-state index contributed by atoms with van der Waals surface area (Å²) in [4.78, 5) is 33.3. The number of carboxylic acids is 1. The van der Waals surface area contributed by atoms with Crippen LogP contribution in [0.2, 0.25) is 0 Å². The van der Waals surface area contributed by atoms with Crippen molar-refractivity contribution in [2.24, 2.45) is 0 Å². The highest BCUT2D eigenvalue weighted by molar-refractivity contribution is 7.95. The van der Waals surface area contributed by atoms with Crippen LogP contribution in [0.3, 0.4) is 0 Å². The Morgan fingerprint density at radius 3 is 2.71 bits per heavy atom. The van der Waals surface area contributed by atoms with Crippen LogP contribution in [-0.2, 0) is 9.59 Å². The molecule has 24 heavy (non-hydrogen) atoms. The fourth-order valence-corrected chi connectivity index (χ4v) is 3.57. The van der Waals surface area contributed by atoms with Crippen molar-refractivity contribution in [3.63, 3.8) is 0 Å². The first kappa shape index (κ1) is 18.8. The van der Waals surface area contributed by atoms with Crippen LogP contribution in [0.1, 0.15) is 44.9 Å². The number of fused-ring (bicyclic) bond motifs is 1. The van der Waals surface area contributed by atoms with Crippen molar-refractivity contribution < 1.29 is 19.5 Å². The van der Waals surface area contributed by atoms with Gasteiger partial charge in [0.25, 0.3) is 0 Å². The summed E-state index contributed by atoms with van der Waals surface area (Å²) in [5.74, 6) is -0.737. The van der Waals surface area contributed by atoms with E-state index in [0.717, 1.165) is 32.2 Å². The van der Waals surface area contributed by atoms with Crippen molar-refractivity contribution in [1.29, 1.82) is 0 Å². The van der Waals surface area contributed by atoms with Crippen LogP contribution in [0, 0.1) is 0 Å². The van der Waals surface area contributed by atoms with E-state index in [1.807, 2.05) is 0 Å². The molecule has 2 saturated heterocycles. The van der Waals surface area contributed by atoms with Gasteiger partial charge in [0.05, 0.1) is 0 Å². The van der Waals surface area contributed by atoms with E-state index in [1.165, 1.54) is 12.1 Å². The average molecular weight is 359 g/mol. The molecule has 3 amide bonds. The molecule has 2 atom stereocenters. The Kier molecular flexibility index (Phi) is 7.60. The van der Waals surface area contributed by atoms with Crippen LogP contribution < -0.4 is 20.7 Å². The molecule has 5 N–H and O–H groups in total. The molecule has 2 rings (SSSR count). The van der Waals surface area contributed by atoms with Gasteiger partial charge in [-0.25, -0.2) is 13.8 Å². The van der Waals surface area contributed by atoms with Crippen LogP contribution in [0.15, 0.2) is 0 Å². The summed E-state index contributed by atoms with van der Waals surface area (Å²) in [5.41, 5.74) is 0. The maximum absolute atomic E-state index is 11.7. The number of rotatable bonds is 11. The number of hydrogen-bond donors (Lipinski definition) is 5. The molecule has 10 heteroatoms. The second kappa shape index (κ2) is 9.70. The SMILES string of the molecule is O=C(O)CCCCCNC(=O)CCCCN1SN[C@@H]2NC(=O)N[C@@H]21. The number of aliphatic carboxylic acids is 1. The van der Waals surface area contributed by atoms with Crippen molar-refractivity contribution in [2.45, 2.75) is 57.3 Å². The summed E-state index contributed by atoms with van der Waals surface area (Å²) in [6, 6.07) is -0.162. The van der Waals surface area contributed by atoms with E-state index in [9.17, 15) is 14.4 Å². The Labute approximate surface area is 145 Å². The van der Waals surface area contributed by atoms with Crippen LogP contribution >= 0.6 is 12.1 Å². The molecule has 2 heterocycles. The highest BCUT2D eigenvalue weighted by atomic mass is 32.2. The minimum absolute atomic E-state index is 0.0362.